The second kappa shape index (κ2) is 9.03. The van der Waals surface area contributed by atoms with Crippen LogP contribution in [0.15, 0.2) is 13.6 Å². The topological polar surface area (TPSA) is 125 Å². The van der Waals surface area contributed by atoms with Gasteiger partial charge in [-0.1, -0.05) is 0 Å². The number of esters is 1. The van der Waals surface area contributed by atoms with E-state index in [2.05, 4.69) is 18.9 Å². The SMILES string of the molecule is CCOC(=O)CNC(=O)C(C)SC(=O)OCc1oc(=O)oc1C. The van der Waals surface area contributed by atoms with Crippen LogP contribution in [0.4, 0.5) is 4.79 Å². The lowest BCUT2D eigenvalue weighted by Gasteiger charge is -2.10. The smallest absolute Gasteiger partial charge is 0.465 e. The van der Waals surface area contributed by atoms with Crippen LogP contribution in [0, 0.1) is 6.92 Å². The molecular formula is C13H17NO8S. The largest absolute Gasteiger partial charge is 0.519 e. The molecule has 1 rings (SSSR count). The van der Waals surface area contributed by atoms with Gasteiger partial charge in [-0.15, -0.1) is 0 Å². The van der Waals surface area contributed by atoms with Crippen LogP contribution in [0.2, 0.25) is 0 Å². The van der Waals surface area contributed by atoms with Gasteiger partial charge in [0.1, 0.15) is 6.54 Å². The van der Waals surface area contributed by atoms with Gasteiger partial charge < -0.3 is 23.6 Å². The van der Waals surface area contributed by atoms with Crippen molar-refractivity contribution in [2.45, 2.75) is 32.6 Å². The number of carbonyl (C=O) groups excluding carboxylic acids is 3. The van der Waals surface area contributed by atoms with Crippen LogP contribution in [0.3, 0.4) is 0 Å². The van der Waals surface area contributed by atoms with Gasteiger partial charge in [-0.2, -0.15) is 0 Å². The highest BCUT2D eigenvalue weighted by Crippen LogP contribution is 2.16. The molecule has 0 aliphatic carbocycles. The Morgan fingerprint density at radius 3 is 2.52 bits per heavy atom. The Labute approximate surface area is 135 Å². The van der Waals surface area contributed by atoms with Gasteiger partial charge in [-0.25, -0.2) is 9.59 Å². The van der Waals surface area contributed by atoms with Gasteiger partial charge in [-0.05, 0) is 32.5 Å². The molecule has 0 aromatic carbocycles. The van der Waals surface area contributed by atoms with Crippen LogP contribution >= 0.6 is 11.8 Å². The fourth-order valence-corrected chi connectivity index (χ4v) is 1.98. The van der Waals surface area contributed by atoms with Crippen molar-refractivity contribution in [3.8, 4) is 0 Å². The minimum atomic E-state index is -0.882. The Balaban J connectivity index is 2.35. The van der Waals surface area contributed by atoms with E-state index in [0.717, 1.165) is 0 Å². The molecule has 1 aromatic heterocycles. The number of nitrogens with one attached hydrogen (secondary N) is 1. The summed E-state index contributed by atoms with van der Waals surface area (Å²) in [4.78, 5) is 45.2. The van der Waals surface area contributed by atoms with Crippen LogP contribution < -0.4 is 11.1 Å². The number of hydrogen-bond acceptors (Lipinski definition) is 9. The zero-order valence-corrected chi connectivity index (χ0v) is 13.7. The number of rotatable bonds is 7. The predicted molar refractivity (Wildman–Crippen MR) is 78.9 cm³/mol. The lowest BCUT2D eigenvalue weighted by atomic mass is 10.4. The average molecular weight is 347 g/mol. The van der Waals surface area contributed by atoms with E-state index in [1.807, 2.05) is 0 Å². The summed E-state index contributed by atoms with van der Waals surface area (Å²) in [6, 6.07) is 0. The summed E-state index contributed by atoms with van der Waals surface area (Å²) in [6.45, 7) is 4.29. The number of amides is 1. The Morgan fingerprint density at radius 1 is 1.26 bits per heavy atom. The highest BCUT2D eigenvalue weighted by molar-refractivity contribution is 8.14. The van der Waals surface area contributed by atoms with Crippen molar-refractivity contribution < 1.29 is 32.7 Å². The third-order valence-electron chi connectivity index (χ3n) is 2.51. The first-order valence-corrected chi connectivity index (χ1v) is 7.57. The molecule has 1 N–H and O–H groups in total. The molecular weight excluding hydrogens is 330 g/mol. The third-order valence-corrected chi connectivity index (χ3v) is 3.39. The summed E-state index contributed by atoms with van der Waals surface area (Å²) >= 11 is 0.629. The first-order valence-electron chi connectivity index (χ1n) is 6.69. The molecule has 0 saturated carbocycles. The van der Waals surface area contributed by atoms with Gasteiger partial charge in [0.2, 0.25) is 5.91 Å². The molecule has 0 saturated heterocycles. The summed E-state index contributed by atoms with van der Waals surface area (Å²) in [7, 11) is 0. The lowest BCUT2D eigenvalue weighted by Crippen LogP contribution is -2.36. The van der Waals surface area contributed by atoms with Gasteiger partial charge in [0.25, 0.3) is 0 Å². The molecule has 128 valence electrons. The molecule has 0 spiro atoms. The number of hydrogen-bond donors (Lipinski definition) is 1. The minimum absolute atomic E-state index is 0.100. The Hall–Kier alpha value is -2.23. The van der Waals surface area contributed by atoms with E-state index in [4.69, 9.17) is 4.74 Å². The minimum Gasteiger partial charge on any atom is -0.465 e. The molecule has 0 bridgehead atoms. The van der Waals surface area contributed by atoms with E-state index >= 15 is 0 Å². The molecule has 1 unspecified atom stereocenters. The maximum absolute atomic E-state index is 11.7. The molecule has 0 aliphatic rings. The number of ether oxygens (including phenoxy) is 2. The fraction of sp³-hybridized carbons (Fsp3) is 0.538. The zero-order valence-electron chi connectivity index (χ0n) is 12.9. The van der Waals surface area contributed by atoms with Crippen molar-refractivity contribution in [2.24, 2.45) is 0 Å². The number of carbonyl (C=O) groups is 3. The third kappa shape index (κ3) is 6.59. The number of thioether (sulfide) groups is 1. The summed E-state index contributed by atoms with van der Waals surface area (Å²) < 4.78 is 18.8. The van der Waals surface area contributed by atoms with Crippen molar-refractivity contribution in [2.75, 3.05) is 13.2 Å². The van der Waals surface area contributed by atoms with Crippen molar-refractivity contribution >= 4 is 28.9 Å². The van der Waals surface area contributed by atoms with Crippen LogP contribution in [0.25, 0.3) is 0 Å². The van der Waals surface area contributed by atoms with Gasteiger partial charge in [0, 0.05) is 0 Å². The van der Waals surface area contributed by atoms with E-state index < -0.39 is 28.3 Å². The molecule has 0 fully saturated rings. The summed E-state index contributed by atoms with van der Waals surface area (Å²) in [5.74, 6) is -1.64. The van der Waals surface area contributed by atoms with Crippen molar-refractivity contribution in [3.63, 3.8) is 0 Å². The molecule has 1 atom stereocenters. The normalized spacial score (nSPS) is 11.6. The maximum Gasteiger partial charge on any atom is 0.519 e. The van der Waals surface area contributed by atoms with Crippen molar-refractivity contribution in [1.82, 2.24) is 5.32 Å². The van der Waals surface area contributed by atoms with Gasteiger partial charge in [-0.3, -0.25) is 9.59 Å². The molecule has 9 nitrogen and oxygen atoms in total. The van der Waals surface area contributed by atoms with Crippen LogP contribution in [0.5, 0.6) is 0 Å². The average Bonchev–Trinajstić information content (AvgIpc) is 2.80. The summed E-state index contributed by atoms with van der Waals surface area (Å²) in [5, 5.41) is 0.843. The quantitative estimate of drug-likeness (QED) is 0.718. The molecule has 1 heterocycles. The summed E-state index contributed by atoms with van der Waals surface area (Å²) in [6.07, 6.45) is 0. The summed E-state index contributed by atoms with van der Waals surface area (Å²) in [5.41, 5.74) is 0. The lowest BCUT2D eigenvalue weighted by molar-refractivity contribution is -0.143. The highest BCUT2D eigenvalue weighted by atomic mass is 32.2. The predicted octanol–water partition coefficient (Wildman–Crippen LogP) is 0.979. The molecule has 1 aromatic rings. The first kappa shape index (κ1) is 18.8. The molecule has 1 amide bonds. The fourth-order valence-electron chi connectivity index (χ4n) is 1.38. The van der Waals surface area contributed by atoms with Crippen LogP contribution in [-0.2, 0) is 25.7 Å². The van der Waals surface area contributed by atoms with Crippen molar-refractivity contribution in [3.05, 3.63) is 22.1 Å². The van der Waals surface area contributed by atoms with Crippen LogP contribution in [-0.4, -0.2) is 35.6 Å². The monoisotopic (exact) mass is 347 g/mol. The Bertz CT molecular complexity index is 620. The molecule has 0 aliphatic heterocycles. The van der Waals surface area contributed by atoms with Gasteiger partial charge in [0.15, 0.2) is 18.1 Å². The van der Waals surface area contributed by atoms with E-state index in [-0.39, 0.29) is 31.3 Å². The molecule has 0 radical (unpaired) electrons. The van der Waals surface area contributed by atoms with Crippen LogP contribution in [0.1, 0.15) is 25.4 Å². The second-order valence-corrected chi connectivity index (χ2v) is 5.53. The zero-order chi connectivity index (χ0) is 17.4. The second-order valence-electron chi connectivity index (χ2n) is 4.26. The highest BCUT2D eigenvalue weighted by Gasteiger charge is 2.20. The van der Waals surface area contributed by atoms with Gasteiger partial charge >= 0.3 is 17.1 Å². The van der Waals surface area contributed by atoms with E-state index in [1.165, 1.54) is 13.8 Å². The molecule has 23 heavy (non-hydrogen) atoms. The van der Waals surface area contributed by atoms with Gasteiger partial charge in [0.05, 0.1) is 11.9 Å². The van der Waals surface area contributed by atoms with E-state index in [0.29, 0.717) is 11.8 Å². The standard InChI is InChI=1S/C13H17NO8S/c1-4-19-10(15)5-14-11(16)8(3)23-13(18)20-6-9-7(2)21-12(17)22-9/h8H,4-6H2,1-3H3,(H,14,16). The Morgan fingerprint density at radius 2 is 1.96 bits per heavy atom. The first-order chi connectivity index (χ1) is 10.8. The maximum atomic E-state index is 11.7. The van der Waals surface area contributed by atoms with Crippen molar-refractivity contribution in [1.29, 1.82) is 0 Å². The van der Waals surface area contributed by atoms with E-state index in [9.17, 15) is 19.2 Å². The van der Waals surface area contributed by atoms with E-state index in [1.54, 1.807) is 6.92 Å². The molecule has 10 heteroatoms. The Kier molecular flexibility index (Phi) is 7.39. The number of aryl methyl sites for hydroxylation is 1.